The van der Waals surface area contributed by atoms with Crippen LogP contribution in [-0.4, -0.2) is 18.8 Å². The van der Waals surface area contributed by atoms with Gasteiger partial charge >= 0.3 is 0 Å². The normalized spacial score (nSPS) is 10.2. The first-order valence-electron chi connectivity index (χ1n) is 6.10. The van der Waals surface area contributed by atoms with Crippen LogP contribution >= 0.6 is 35.0 Å². The predicted molar refractivity (Wildman–Crippen MR) is 88.8 cm³/mol. The van der Waals surface area contributed by atoms with Gasteiger partial charge in [-0.25, -0.2) is 0 Å². The van der Waals surface area contributed by atoms with Gasteiger partial charge in [-0.2, -0.15) is 0 Å². The van der Waals surface area contributed by atoms with Crippen molar-refractivity contribution in [2.24, 2.45) is 0 Å². The molecule has 0 aliphatic heterocycles. The molecule has 0 fully saturated rings. The third kappa shape index (κ3) is 4.84. The summed E-state index contributed by atoms with van der Waals surface area (Å²) < 4.78 is 5.39. The number of halogens is 2. The molecule has 2 aromatic carbocycles. The van der Waals surface area contributed by atoms with Crippen molar-refractivity contribution < 1.29 is 9.53 Å². The smallest absolute Gasteiger partial charge is 0.262 e. The van der Waals surface area contributed by atoms with Gasteiger partial charge in [-0.05, 0) is 36.6 Å². The van der Waals surface area contributed by atoms with E-state index in [2.05, 4.69) is 5.32 Å². The number of hydrogen-bond acceptors (Lipinski definition) is 3. The molecule has 6 heteroatoms. The molecule has 0 radical (unpaired) electrons. The summed E-state index contributed by atoms with van der Waals surface area (Å²) in [6, 6.07) is 12.4. The van der Waals surface area contributed by atoms with Crippen LogP contribution in [0, 0.1) is 0 Å². The summed E-state index contributed by atoms with van der Waals surface area (Å²) >= 11 is 13.3. The van der Waals surface area contributed by atoms with Crippen LogP contribution in [0.25, 0.3) is 0 Å². The number of amides is 1. The summed E-state index contributed by atoms with van der Waals surface area (Å²) in [6.07, 6.45) is 1.95. The van der Waals surface area contributed by atoms with Crippen LogP contribution in [0.15, 0.2) is 47.4 Å². The van der Waals surface area contributed by atoms with Gasteiger partial charge in [0, 0.05) is 14.9 Å². The molecule has 0 saturated heterocycles. The van der Waals surface area contributed by atoms with E-state index >= 15 is 0 Å². The maximum Gasteiger partial charge on any atom is 0.262 e. The van der Waals surface area contributed by atoms with Gasteiger partial charge in [0.05, 0.1) is 5.69 Å². The minimum absolute atomic E-state index is 0.112. The van der Waals surface area contributed by atoms with E-state index in [1.54, 1.807) is 30.0 Å². The molecule has 0 atom stereocenters. The van der Waals surface area contributed by atoms with Crippen molar-refractivity contribution in [1.29, 1.82) is 0 Å². The van der Waals surface area contributed by atoms with E-state index in [0.29, 0.717) is 15.8 Å². The highest BCUT2D eigenvalue weighted by molar-refractivity contribution is 7.98. The molecule has 1 N–H and O–H groups in total. The highest BCUT2D eigenvalue weighted by atomic mass is 35.5. The van der Waals surface area contributed by atoms with Crippen molar-refractivity contribution in [3.63, 3.8) is 0 Å². The van der Waals surface area contributed by atoms with E-state index in [0.717, 1.165) is 10.6 Å². The van der Waals surface area contributed by atoms with E-state index in [1.807, 2.05) is 30.5 Å². The number of ether oxygens (including phenoxy) is 1. The van der Waals surface area contributed by atoms with Crippen molar-refractivity contribution in [2.45, 2.75) is 4.90 Å². The molecule has 21 heavy (non-hydrogen) atoms. The van der Waals surface area contributed by atoms with Gasteiger partial charge in [0.15, 0.2) is 6.61 Å². The van der Waals surface area contributed by atoms with Crippen LogP contribution in [0.2, 0.25) is 10.0 Å². The number of anilines is 1. The summed E-state index contributed by atoms with van der Waals surface area (Å²) in [4.78, 5) is 12.9. The number of benzene rings is 2. The largest absolute Gasteiger partial charge is 0.484 e. The Morgan fingerprint density at radius 3 is 2.52 bits per heavy atom. The third-order valence-corrected chi connectivity index (χ3v) is 3.82. The standard InChI is InChI=1S/C15H13Cl2NO2S/c1-21-14-5-3-2-4-13(14)18-15(19)9-20-12-7-10(16)6-11(17)8-12/h2-8H,9H2,1H3,(H,18,19). The minimum Gasteiger partial charge on any atom is -0.484 e. The van der Waals surface area contributed by atoms with Gasteiger partial charge in [-0.15, -0.1) is 11.8 Å². The topological polar surface area (TPSA) is 38.3 Å². The second-order valence-electron chi connectivity index (χ2n) is 4.14. The van der Waals surface area contributed by atoms with E-state index in [1.165, 1.54) is 0 Å². The Balaban J connectivity index is 1.96. The first kappa shape index (κ1) is 16.0. The lowest BCUT2D eigenvalue weighted by atomic mass is 10.3. The summed E-state index contributed by atoms with van der Waals surface area (Å²) in [5, 5.41) is 3.74. The molecule has 0 bridgehead atoms. The maximum absolute atomic E-state index is 11.9. The fourth-order valence-corrected chi connectivity index (χ4v) is 2.75. The lowest BCUT2D eigenvalue weighted by molar-refractivity contribution is -0.118. The van der Waals surface area contributed by atoms with E-state index in [4.69, 9.17) is 27.9 Å². The van der Waals surface area contributed by atoms with Crippen LogP contribution in [0.3, 0.4) is 0 Å². The molecule has 0 saturated carbocycles. The monoisotopic (exact) mass is 341 g/mol. The Morgan fingerprint density at radius 1 is 1.19 bits per heavy atom. The molecule has 0 heterocycles. The lowest BCUT2D eigenvalue weighted by Crippen LogP contribution is -2.20. The zero-order valence-corrected chi connectivity index (χ0v) is 13.6. The molecule has 2 aromatic rings. The first-order valence-corrected chi connectivity index (χ1v) is 8.08. The minimum atomic E-state index is -0.243. The predicted octanol–water partition coefficient (Wildman–Crippen LogP) is 4.73. The first-order chi connectivity index (χ1) is 10.1. The van der Waals surface area contributed by atoms with E-state index in [9.17, 15) is 4.79 Å². The van der Waals surface area contributed by atoms with Crippen LogP contribution in [-0.2, 0) is 4.79 Å². The molecular formula is C15H13Cl2NO2S. The second kappa shape index (κ2) is 7.59. The molecule has 0 unspecified atom stereocenters. The van der Waals surface area contributed by atoms with Crippen LogP contribution < -0.4 is 10.1 Å². The second-order valence-corrected chi connectivity index (χ2v) is 5.86. The van der Waals surface area contributed by atoms with Crippen molar-refractivity contribution >= 4 is 46.6 Å². The molecule has 0 aliphatic rings. The number of thioether (sulfide) groups is 1. The van der Waals surface area contributed by atoms with Gasteiger partial charge in [0.1, 0.15) is 5.75 Å². The Bertz CT molecular complexity index is 629. The van der Waals surface area contributed by atoms with Gasteiger partial charge in [0.25, 0.3) is 5.91 Å². The number of rotatable bonds is 5. The molecule has 2 rings (SSSR count). The Hall–Kier alpha value is -1.36. The quantitative estimate of drug-likeness (QED) is 0.798. The molecule has 0 aromatic heterocycles. The van der Waals surface area contributed by atoms with Crippen LogP contribution in [0.1, 0.15) is 0 Å². The summed E-state index contributed by atoms with van der Waals surface area (Å²) in [5.41, 5.74) is 0.766. The van der Waals surface area contributed by atoms with Gasteiger partial charge in [-0.1, -0.05) is 35.3 Å². The zero-order valence-electron chi connectivity index (χ0n) is 11.2. The highest BCUT2D eigenvalue weighted by Crippen LogP contribution is 2.25. The van der Waals surface area contributed by atoms with Crippen molar-refractivity contribution in [1.82, 2.24) is 0 Å². The van der Waals surface area contributed by atoms with E-state index in [-0.39, 0.29) is 12.5 Å². The zero-order chi connectivity index (χ0) is 15.2. The SMILES string of the molecule is CSc1ccccc1NC(=O)COc1cc(Cl)cc(Cl)c1. The summed E-state index contributed by atoms with van der Waals surface area (Å²) in [5.74, 6) is 0.216. The van der Waals surface area contributed by atoms with E-state index < -0.39 is 0 Å². The highest BCUT2D eigenvalue weighted by Gasteiger charge is 2.07. The third-order valence-electron chi connectivity index (χ3n) is 2.59. The molecular weight excluding hydrogens is 329 g/mol. The molecule has 0 spiro atoms. The van der Waals surface area contributed by atoms with Gasteiger partial charge in [-0.3, -0.25) is 4.79 Å². The molecule has 110 valence electrons. The number of carbonyl (C=O) groups is 1. The van der Waals surface area contributed by atoms with Crippen molar-refractivity contribution in [2.75, 3.05) is 18.2 Å². The number of carbonyl (C=O) groups excluding carboxylic acids is 1. The fourth-order valence-electron chi connectivity index (χ4n) is 1.69. The van der Waals surface area contributed by atoms with Crippen LogP contribution in [0.4, 0.5) is 5.69 Å². The fraction of sp³-hybridized carbons (Fsp3) is 0.133. The maximum atomic E-state index is 11.9. The molecule has 0 aliphatic carbocycles. The van der Waals surface area contributed by atoms with Crippen molar-refractivity contribution in [3.05, 3.63) is 52.5 Å². The number of para-hydroxylation sites is 1. The number of hydrogen-bond donors (Lipinski definition) is 1. The Labute approximate surface area is 137 Å². The summed E-state index contributed by atoms with van der Waals surface area (Å²) in [6.45, 7) is -0.112. The lowest BCUT2D eigenvalue weighted by Gasteiger charge is -2.10. The number of nitrogens with one attached hydrogen (secondary N) is 1. The van der Waals surface area contributed by atoms with Crippen LogP contribution in [0.5, 0.6) is 5.75 Å². The molecule has 3 nitrogen and oxygen atoms in total. The Kier molecular flexibility index (Phi) is 5.79. The molecule has 1 amide bonds. The summed E-state index contributed by atoms with van der Waals surface area (Å²) in [7, 11) is 0. The average Bonchev–Trinajstić information content (AvgIpc) is 2.45. The van der Waals surface area contributed by atoms with Gasteiger partial charge < -0.3 is 10.1 Å². The average molecular weight is 342 g/mol. The Morgan fingerprint density at radius 2 is 1.86 bits per heavy atom. The van der Waals surface area contributed by atoms with Gasteiger partial charge in [0.2, 0.25) is 0 Å². The van der Waals surface area contributed by atoms with Crippen molar-refractivity contribution in [3.8, 4) is 5.75 Å².